The van der Waals surface area contributed by atoms with Crippen LogP contribution in [0.4, 0.5) is 0 Å². The van der Waals surface area contributed by atoms with E-state index < -0.39 is 5.97 Å². The molecule has 1 rings (SSSR count). The third kappa shape index (κ3) is 5.63. The zero-order valence-corrected chi connectivity index (χ0v) is 13.1. The molecule has 0 atom stereocenters. The van der Waals surface area contributed by atoms with Crippen molar-refractivity contribution in [3.05, 3.63) is 23.8 Å². The molecule has 0 amide bonds. The second-order valence-electron chi connectivity index (χ2n) is 4.87. The summed E-state index contributed by atoms with van der Waals surface area (Å²) in [6.07, 6.45) is 0.887. The first-order valence-corrected chi connectivity index (χ1v) is 7.58. The van der Waals surface area contributed by atoms with Crippen LogP contribution in [0.2, 0.25) is 0 Å². The number of rotatable bonds is 9. The van der Waals surface area contributed by atoms with Crippen LogP contribution in [0.3, 0.4) is 0 Å². The molecule has 0 radical (unpaired) electrons. The van der Waals surface area contributed by atoms with Gasteiger partial charge in [0.25, 0.3) is 0 Å². The number of aromatic hydroxyl groups is 1. The summed E-state index contributed by atoms with van der Waals surface area (Å²) in [6.45, 7) is 9.91. The van der Waals surface area contributed by atoms with E-state index in [1.165, 1.54) is 17.0 Å². The number of esters is 1. The van der Waals surface area contributed by atoms with Crippen LogP contribution in [0.15, 0.2) is 18.2 Å². The van der Waals surface area contributed by atoms with Gasteiger partial charge in [0.15, 0.2) is 0 Å². The normalized spacial score (nSPS) is 10.7. The Balaban J connectivity index is 2.54. The van der Waals surface area contributed by atoms with E-state index in [0.29, 0.717) is 19.0 Å². The lowest BCUT2D eigenvalue weighted by Crippen LogP contribution is -3.11. The highest BCUT2D eigenvalue weighted by Crippen LogP contribution is 2.24. The van der Waals surface area contributed by atoms with Crippen molar-refractivity contribution in [1.29, 1.82) is 0 Å². The summed E-state index contributed by atoms with van der Waals surface area (Å²) >= 11 is 0. The van der Waals surface area contributed by atoms with Crippen molar-refractivity contribution in [1.82, 2.24) is 0 Å². The molecule has 2 N–H and O–H groups in total. The van der Waals surface area contributed by atoms with Crippen LogP contribution in [0.5, 0.6) is 11.5 Å². The van der Waals surface area contributed by atoms with Gasteiger partial charge < -0.3 is 19.5 Å². The highest BCUT2D eigenvalue weighted by Gasteiger charge is 2.14. The standard InChI is InChI=1S/C16H25NO4/c1-4-10-20-13-7-8-14(15(18)12-13)16(19)21-11-9-17(5-2)6-3/h7-8,12,18H,4-6,9-11H2,1-3H3/p+1. The number of hydrogen-bond acceptors (Lipinski definition) is 4. The van der Waals surface area contributed by atoms with Gasteiger partial charge >= 0.3 is 5.97 Å². The maximum absolute atomic E-state index is 11.9. The van der Waals surface area contributed by atoms with Gasteiger partial charge in [-0.25, -0.2) is 4.79 Å². The van der Waals surface area contributed by atoms with Gasteiger partial charge in [-0.15, -0.1) is 0 Å². The van der Waals surface area contributed by atoms with E-state index in [4.69, 9.17) is 9.47 Å². The fraction of sp³-hybridized carbons (Fsp3) is 0.562. The topological polar surface area (TPSA) is 60.2 Å². The first-order valence-electron chi connectivity index (χ1n) is 7.58. The van der Waals surface area contributed by atoms with Crippen LogP contribution < -0.4 is 9.64 Å². The van der Waals surface area contributed by atoms with E-state index >= 15 is 0 Å². The number of hydrogen-bond donors (Lipinski definition) is 2. The van der Waals surface area contributed by atoms with Crippen molar-refractivity contribution in [3.8, 4) is 11.5 Å². The molecule has 5 nitrogen and oxygen atoms in total. The summed E-state index contributed by atoms with van der Waals surface area (Å²) in [6, 6.07) is 4.65. The largest absolute Gasteiger partial charge is 0.507 e. The van der Waals surface area contributed by atoms with Crippen molar-refractivity contribution in [3.63, 3.8) is 0 Å². The summed E-state index contributed by atoms with van der Waals surface area (Å²) < 4.78 is 10.6. The SMILES string of the molecule is CCCOc1ccc(C(=O)OCC[NH+](CC)CC)c(O)c1. The molecule has 21 heavy (non-hydrogen) atoms. The highest BCUT2D eigenvalue weighted by molar-refractivity contribution is 5.92. The molecule has 1 aromatic carbocycles. The molecule has 0 aliphatic carbocycles. The van der Waals surface area contributed by atoms with Gasteiger partial charge in [-0.2, -0.15) is 0 Å². The van der Waals surface area contributed by atoms with E-state index in [2.05, 4.69) is 13.8 Å². The van der Waals surface area contributed by atoms with E-state index in [0.717, 1.165) is 26.1 Å². The molecule has 5 heteroatoms. The van der Waals surface area contributed by atoms with Crippen LogP contribution in [0.25, 0.3) is 0 Å². The molecule has 0 spiro atoms. The molecular weight excluding hydrogens is 270 g/mol. The molecule has 118 valence electrons. The average Bonchev–Trinajstić information content (AvgIpc) is 2.49. The number of likely N-dealkylation sites (N-methyl/N-ethyl adjacent to an activating group) is 1. The maximum atomic E-state index is 11.9. The number of phenolic OH excluding ortho intramolecular Hbond substituents is 1. The Morgan fingerprint density at radius 1 is 1.19 bits per heavy atom. The first-order chi connectivity index (χ1) is 10.1. The lowest BCUT2D eigenvalue weighted by atomic mass is 10.2. The quantitative estimate of drug-likeness (QED) is 0.674. The monoisotopic (exact) mass is 296 g/mol. The minimum Gasteiger partial charge on any atom is -0.507 e. The molecule has 0 aliphatic heterocycles. The number of carbonyl (C=O) groups is 1. The molecule has 0 aromatic heterocycles. The highest BCUT2D eigenvalue weighted by atomic mass is 16.5. The van der Waals surface area contributed by atoms with Gasteiger partial charge in [-0.1, -0.05) is 6.92 Å². The fourth-order valence-corrected chi connectivity index (χ4v) is 1.96. The van der Waals surface area contributed by atoms with Crippen LogP contribution in [0.1, 0.15) is 37.6 Å². The van der Waals surface area contributed by atoms with Gasteiger partial charge in [-0.05, 0) is 32.4 Å². The Morgan fingerprint density at radius 2 is 1.90 bits per heavy atom. The Bertz CT molecular complexity index is 444. The number of ether oxygens (including phenoxy) is 2. The zero-order valence-electron chi connectivity index (χ0n) is 13.1. The van der Waals surface area contributed by atoms with E-state index in [1.807, 2.05) is 6.92 Å². The lowest BCUT2D eigenvalue weighted by Gasteiger charge is -2.15. The van der Waals surface area contributed by atoms with Crippen molar-refractivity contribution in [2.45, 2.75) is 27.2 Å². The minimum atomic E-state index is -0.499. The van der Waals surface area contributed by atoms with Crippen molar-refractivity contribution in [2.75, 3.05) is 32.8 Å². The Kier molecular flexibility index (Phi) is 7.61. The van der Waals surface area contributed by atoms with Crippen molar-refractivity contribution >= 4 is 5.97 Å². The fourth-order valence-electron chi connectivity index (χ4n) is 1.96. The average molecular weight is 296 g/mol. The molecule has 1 aromatic rings. The summed E-state index contributed by atoms with van der Waals surface area (Å²) in [5.41, 5.74) is 0.174. The third-order valence-electron chi connectivity index (χ3n) is 3.35. The smallest absolute Gasteiger partial charge is 0.342 e. The Morgan fingerprint density at radius 3 is 2.48 bits per heavy atom. The number of nitrogens with one attached hydrogen (secondary N) is 1. The maximum Gasteiger partial charge on any atom is 0.342 e. The van der Waals surface area contributed by atoms with Gasteiger partial charge in [0, 0.05) is 6.07 Å². The molecule has 0 fully saturated rings. The second kappa shape index (κ2) is 9.23. The summed E-state index contributed by atoms with van der Waals surface area (Å²) in [5, 5.41) is 9.88. The molecular formula is C16H26NO4+. The summed E-state index contributed by atoms with van der Waals surface area (Å²) in [5.74, 6) is -0.0524. The molecule has 0 bridgehead atoms. The van der Waals surface area contributed by atoms with Crippen LogP contribution in [0, 0.1) is 0 Å². The lowest BCUT2D eigenvalue weighted by molar-refractivity contribution is -0.896. The van der Waals surface area contributed by atoms with Crippen molar-refractivity contribution < 1.29 is 24.3 Å². The summed E-state index contributed by atoms with van der Waals surface area (Å²) in [4.78, 5) is 13.3. The molecule has 0 aliphatic rings. The van der Waals surface area contributed by atoms with E-state index in [9.17, 15) is 9.90 Å². The number of phenols is 1. The second-order valence-corrected chi connectivity index (χ2v) is 4.87. The zero-order chi connectivity index (χ0) is 15.7. The molecule has 0 heterocycles. The number of carbonyl (C=O) groups excluding carboxylic acids is 1. The predicted octanol–water partition coefficient (Wildman–Crippen LogP) is 1.26. The van der Waals surface area contributed by atoms with Crippen LogP contribution >= 0.6 is 0 Å². The van der Waals surface area contributed by atoms with Gasteiger partial charge in [0.1, 0.15) is 30.2 Å². The van der Waals surface area contributed by atoms with Gasteiger partial charge in [0.05, 0.1) is 19.7 Å². The Hall–Kier alpha value is -1.75. The Labute approximate surface area is 126 Å². The molecule has 0 saturated heterocycles. The third-order valence-corrected chi connectivity index (χ3v) is 3.35. The van der Waals surface area contributed by atoms with E-state index in [1.54, 1.807) is 6.07 Å². The van der Waals surface area contributed by atoms with Crippen molar-refractivity contribution in [2.24, 2.45) is 0 Å². The van der Waals surface area contributed by atoms with E-state index in [-0.39, 0.29) is 11.3 Å². The minimum absolute atomic E-state index is 0.108. The molecule has 0 saturated carbocycles. The first kappa shape index (κ1) is 17.3. The number of quaternary nitrogens is 1. The van der Waals surface area contributed by atoms with Gasteiger partial charge in [0.2, 0.25) is 0 Å². The molecule has 0 unspecified atom stereocenters. The summed E-state index contributed by atoms with van der Waals surface area (Å²) in [7, 11) is 0. The van der Waals surface area contributed by atoms with Gasteiger partial charge in [-0.3, -0.25) is 0 Å². The predicted molar refractivity (Wildman–Crippen MR) is 81.1 cm³/mol. The number of benzene rings is 1. The van der Waals surface area contributed by atoms with Crippen LogP contribution in [-0.4, -0.2) is 43.9 Å². The van der Waals surface area contributed by atoms with Crippen LogP contribution in [-0.2, 0) is 4.74 Å².